The highest BCUT2D eigenvalue weighted by atomic mass is 16.4. The largest absolute Gasteiger partial charge is 0.481 e. The Hall–Kier alpha value is -3.08. The summed E-state index contributed by atoms with van der Waals surface area (Å²) < 4.78 is 0. The van der Waals surface area contributed by atoms with E-state index in [2.05, 4.69) is 29.4 Å². The summed E-state index contributed by atoms with van der Waals surface area (Å²) in [5.74, 6) is -0.939. The lowest BCUT2D eigenvalue weighted by molar-refractivity contribution is -0.136. The van der Waals surface area contributed by atoms with Gasteiger partial charge in [-0.2, -0.15) is 0 Å². The molecule has 3 rings (SSSR count). The fourth-order valence-corrected chi connectivity index (χ4v) is 3.14. The number of aromatic nitrogens is 1. The first-order chi connectivity index (χ1) is 12.5. The highest BCUT2D eigenvalue weighted by Crippen LogP contribution is 2.22. The quantitative estimate of drug-likeness (QED) is 0.610. The van der Waals surface area contributed by atoms with E-state index in [-0.39, 0.29) is 12.3 Å². The van der Waals surface area contributed by atoms with E-state index in [1.807, 2.05) is 12.3 Å². The number of carbonyl (C=O) groups excluding carboxylic acids is 1. The Kier molecular flexibility index (Phi) is 5.37. The second kappa shape index (κ2) is 7.87. The van der Waals surface area contributed by atoms with Gasteiger partial charge in [0, 0.05) is 35.6 Å². The summed E-state index contributed by atoms with van der Waals surface area (Å²) in [5, 5.41) is 12.9. The lowest BCUT2D eigenvalue weighted by atomic mass is 10.1. The first kappa shape index (κ1) is 17.7. The average molecular weight is 350 g/mol. The maximum Gasteiger partial charge on any atom is 0.303 e. The lowest BCUT2D eigenvalue weighted by Crippen LogP contribution is -2.25. The molecular weight excluding hydrogens is 328 g/mol. The minimum absolute atomic E-state index is 0.0928. The number of hydrogen-bond acceptors (Lipinski definition) is 2. The van der Waals surface area contributed by atoms with E-state index in [0.29, 0.717) is 18.5 Å². The number of benzene rings is 2. The summed E-state index contributed by atoms with van der Waals surface area (Å²) >= 11 is 0. The van der Waals surface area contributed by atoms with Crippen LogP contribution in [0.3, 0.4) is 0 Å². The smallest absolute Gasteiger partial charge is 0.303 e. The van der Waals surface area contributed by atoms with Gasteiger partial charge in [0.1, 0.15) is 0 Å². The number of hydrogen-bond donors (Lipinski definition) is 3. The Morgan fingerprint density at radius 1 is 1.08 bits per heavy atom. The van der Waals surface area contributed by atoms with Crippen LogP contribution >= 0.6 is 0 Å². The van der Waals surface area contributed by atoms with Crippen LogP contribution in [0.25, 0.3) is 10.9 Å². The first-order valence-electron chi connectivity index (χ1n) is 8.69. The topological polar surface area (TPSA) is 82.2 Å². The molecule has 1 amide bonds. The maximum absolute atomic E-state index is 12.3. The van der Waals surface area contributed by atoms with Gasteiger partial charge in [0.2, 0.25) is 0 Å². The highest BCUT2D eigenvalue weighted by Gasteiger charge is 2.08. The summed E-state index contributed by atoms with van der Waals surface area (Å²) in [7, 11) is 0. The summed E-state index contributed by atoms with van der Waals surface area (Å²) in [6.07, 6.45) is 3.32. The van der Waals surface area contributed by atoms with Crippen LogP contribution in [-0.2, 0) is 17.6 Å². The van der Waals surface area contributed by atoms with Crippen molar-refractivity contribution < 1.29 is 14.7 Å². The molecular formula is C21H22N2O3. The Labute approximate surface area is 152 Å². The van der Waals surface area contributed by atoms with Gasteiger partial charge in [0.15, 0.2) is 0 Å². The van der Waals surface area contributed by atoms with E-state index in [0.717, 1.165) is 17.5 Å². The normalized spacial score (nSPS) is 10.8. The molecule has 0 bridgehead atoms. The lowest BCUT2D eigenvalue weighted by Gasteiger charge is -2.07. The number of rotatable bonds is 7. The number of carbonyl (C=O) groups is 2. The van der Waals surface area contributed by atoms with Crippen LogP contribution in [0.4, 0.5) is 0 Å². The fraction of sp³-hybridized carbons (Fsp3) is 0.238. The van der Waals surface area contributed by atoms with Crippen molar-refractivity contribution >= 4 is 22.8 Å². The standard InChI is InChI=1S/C21H22N2O3/c1-14-3-2-4-18-20(14)17(13-23-18)11-12-22-21(26)16-8-5-15(6-9-16)7-10-19(24)25/h2-6,8-9,13,23H,7,10-12H2,1H3,(H,22,26)(H,24,25). The Balaban J connectivity index is 1.56. The third-order valence-corrected chi connectivity index (χ3v) is 4.52. The van der Waals surface area contributed by atoms with Gasteiger partial charge >= 0.3 is 5.97 Å². The average Bonchev–Trinajstić information content (AvgIpc) is 3.05. The summed E-state index contributed by atoms with van der Waals surface area (Å²) in [5.41, 5.74) is 5.03. The van der Waals surface area contributed by atoms with Crippen molar-refractivity contribution in [3.05, 3.63) is 70.9 Å². The van der Waals surface area contributed by atoms with Crippen molar-refractivity contribution in [3.63, 3.8) is 0 Å². The SMILES string of the molecule is Cc1cccc2[nH]cc(CCNC(=O)c3ccc(CCC(=O)O)cc3)c12. The summed E-state index contributed by atoms with van der Waals surface area (Å²) in [6.45, 7) is 2.64. The van der Waals surface area contributed by atoms with E-state index < -0.39 is 5.97 Å². The van der Waals surface area contributed by atoms with Gasteiger partial charge in [-0.1, -0.05) is 24.3 Å². The third-order valence-electron chi connectivity index (χ3n) is 4.52. The van der Waals surface area contributed by atoms with E-state index in [9.17, 15) is 9.59 Å². The van der Waals surface area contributed by atoms with Gasteiger partial charge < -0.3 is 15.4 Å². The molecule has 0 saturated carbocycles. The number of amides is 1. The number of aliphatic carboxylic acids is 1. The maximum atomic E-state index is 12.3. The molecule has 3 N–H and O–H groups in total. The van der Waals surface area contributed by atoms with Gasteiger partial charge in [-0.25, -0.2) is 0 Å². The third kappa shape index (κ3) is 4.11. The summed E-state index contributed by atoms with van der Waals surface area (Å²) in [4.78, 5) is 26.1. The molecule has 1 heterocycles. The van der Waals surface area contributed by atoms with Crippen molar-refractivity contribution in [2.75, 3.05) is 6.54 Å². The van der Waals surface area contributed by atoms with Crippen LogP contribution < -0.4 is 5.32 Å². The van der Waals surface area contributed by atoms with Crippen LogP contribution in [0.2, 0.25) is 0 Å². The summed E-state index contributed by atoms with van der Waals surface area (Å²) in [6, 6.07) is 13.3. The van der Waals surface area contributed by atoms with Crippen LogP contribution in [0.5, 0.6) is 0 Å². The van der Waals surface area contributed by atoms with E-state index in [1.54, 1.807) is 24.3 Å². The monoisotopic (exact) mass is 350 g/mol. The zero-order valence-corrected chi connectivity index (χ0v) is 14.7. The Bertz CT molecular complexity index is 926. The molecule has 0 aliphatic carbocycles. The van der Waals surface area contributed by atoms with E-state index in [1.165, 1.54) is 16.5 Å². The molecule has 2 aromatic carbocycles. The van der Waals surface area contributed by atoms with Crippen LogP contribution in [-0.4, -0.2) is 28.5 Å². The number of carboxylic acid groups (broad SMARTS) is 1. The van der Waals surface area contributed by atoms with Gasteiger partial charge in [0.05, 0.1) is 0 Å². The Morgan fingerprint density at radius 2 is 1.85 bits per heavy atom. The molecule has 0 saturated heterocycles. The molecule has 0 radical (unpaired) electrons. The first-order valence-corrected chi connectivity index (χ1v) is 8.69. The highest BCUT2D eigenvalue weighted by molar-refractivity contribution is 5.94. The molecule has 5 heteroatoms. The van der Waals surface area contributed by atoms with E-state index in [4.69, 9.17) is 5.11 Å². The predicted molar refractivity (Wildman–Crippen MR) is 101 cm³/mol. The van der Waals surface area contributed by atoms with Crippen molar-refractivity contribution in [2.45, 2.75) is 26.2 Å². The zero-order chi connectivity index (χ0) is 18.5. The molecule has 1 aromatic heterocycles. The van der Waals surface area contributed by atoms with Gasteiger partial charge in [-0.3, -0.25) is 9.59 Å². The number of aryl methyl sites for hydroxylation is 2. The Morgan fingerprint density at radius 3 is 2.58 bits per heavy atom. The van der Waals surface area contributed by atoms with Crippen LogP contribution in [0.15, 0.2) is 48.7 Å². The molecule has 3 aromatic rings. The molecule has 5 nitrogen and oxygen atoms in total. The van der Waals surface area contributed by atoms with Crippen molar-refractivity contribution in [1.82, 2.24) is 10.3 Å². The van der Waals surface area contributed by atoms with Crippen molar-refractivity contribution in [3.8, 4) is 0 Å². The molecule has 0 unspecified atom stereocenters. The fourth-order valence-electron chi connectivity index (χ4n) is 3.14. The number of carboxylic acids is 1. The number of H-pyrrole nitrogens is 1. The molecule has 26 heavy (non-hydrogen) atoms. The minimum atomic E-state index is -0.820. The molecule has 0 aliphatic rings. The molecule has 0 atom stereocenters. The number of nitrogens with one attached hydrogen (secondary N) is 2. The molecule has 0 aliphatic heterocycles. The van der Waals surface area contributed by atoms with Crippen molar-refractivity contribution in [1.29, 1.82) is 0 Å². The number of aromatic amines is 1. The minimum Gasteiger partial charge on any atom is -0.481 e. The van der Waals surface area contributed by atoms with E-state index >= 15 is 0 Å². The predicted octanol–water partition coefficient (Wildman–Crippen LogP) is 3.47. The second-order valence-corrected chi connectivity index (χ2v) is 6.41. The van der Waals surface area contributed by atoms with Crippen LogP contribution in [0, 0.1) is 6.92 Å². The van der Waals surface area contributed by atoms with Crippen LogP contribution in [0.1, 0.15) is 33.5 Å². The molecule has 0 fully saturated rings. The molecule has 134 valence electrons. The zero-order valence-electron chi connectivity index (χ0n) is 14.7. The van der Waals surface area contributed by atoms with Gasteiger partial charge in [-0.15, -0.1) is 0 Å². The number of fused-ring (bicyclic) bond motifs is 1. The van der Waals surface area contributed by atoms with Gasteiger partial charge in [-0.05, 0) is 54.7 Å². The second-order valence-electron chi connectivity index (χ2n) is 6.41. The van der Waals surface area contributed by atoms with Gasteiger partial charge in [0.25, 0.3) is 5.91 Å². The van der Waals surface area contributed by atoms with Crippen molar-refractivity contribution in [2.24, 2.45) is 0 Å². The molecule has 0 spiro atoms.